The minimum absolute atomic E-state index is 0.119. The molecule has 2 saturated carbocycles. The Balaban J connectivity index is 1.34. The van der Waals surface area contributed by atoms with Crippen molar-refractivity contribution in [2.45, 2.75) is 212 Å². The first kappa shape index (κ1) is 67.4. The number of fused-ring (bicyclic) bond motifs is 1. The van der Waals surface area contributed by atoms with Crippen LogP contribution in [0, 0.1) is 23.7 Å². The van der Waals surface area contributed by atoms with E-state index in [2.05, 4.69) is 146 Å². The number of nitrogens with one attached hydrogen (secondary N) is 4. The average Bonchev–Trinajstić information content (AvgIpc) is 4.07. The van der Waals surface area contributed by atoms with Gasteiger partial charge in [0.25, 0.3) is 0 Å². The number of benzene rings is 1. The minimum atomic E-state index is -4.32. The van der Waals surface area contributed by atoms with Crippen molar-refractivity contribution in [1.82, 2.24) is 55.6 Å². The topological polar surface area (TPSA) is 70.8 Å². The second kappa shape index (κ2) is 34.4. The Kier molecular flexibility index (Phi) is 29.7. The van der Waals surface area contributed by atoms with Crippen LogP contribution in [0.25, 0.3) is 0 Å². The first-order valence-electron chi connectivity index (χ1n) is 32.1. The monoisotopic (exact) mass is 1100 g/mol. The Labute approximate surface area is 478 Å². The van der Waals surface area contributed by atoms with E-state index in [9.17, 15) is 13.2 Å². The maximum absolute atomic E-state index is 13.5. The summed E-state index contributed by atoms with van der Waals surface area (Å²) in [5.41, 5.74) is 0.526. The molecule has 2 saturated heterocycles. The van der Waals surface area contributed by atoms with Gasteiger partial charge in [0.2, 0.25) is 0 Å². The first-order chi connectivity index (χ1) is 37.1. The largest absolute Gasteiger partial charge is 0.416 e. The van der Waals surface area contributed by atoms with Gasteiger partial charge in [0, 0.05) is 133 Å². The molecule has 5 rings (SSSR count). The van der Waals surface area contributed by atoms with E-state index >= 15 is 0 Å². The number of halogens is 3. The Morgan fingerprint density at radius 1 is 0.641 bits per heavy atom. The third-order valence-electron chi connectivity index (χ3n) is 19.7. The van der Waals surface area contributed by atoms with Gasteiger partial charge in [-0.15, -0.1) is 0 Å². The summed E-state index contributed by atoms with van der Waals surface area (Å²) in [5.74, 6) is 2.59. The fraction of sp³-hybridized carbons (Fsp3) is 0.906. The van der Waals surface area contributed by atoms with Crippen molar-refractivity contribution in [3.63, 3.8) is 0 Å². The molecule has 2 heterocycles. The Bertz CT molecular complexity index is 1720. The van der Waals surface area contributed by atoms with E-state index in [1.165, 1.54) is 102 Å². The fourth-order valence-electron chi connectivity index (χ4n) is 13.9. The molecule has 4 fully saturated rings. The highest BCUT2D eigenvalue weighted by molar-refractivity contribution is 5.24. The molecule has 0 unspecified atom stereocenters. The standard InChI is InChI=1S/C64H122F3N11/c1-14-52(6)61-48-74(10)38-37-72(8)39-40-76(12)60(42-55-21-16-15-17-22-55)47-73(9)36-33-68-57(29-26-54-24-27-56(28-25-54)64(65,66)67)46-78-34-20-23-58(78)44-71-63(31-18-19-32-63)49-77(13)62(51(4)5)45-69-53(7)30-35-75(11)59(43-70-61)41-50(2)3/h24-25,27-28,50-53,55,57-62,68-71H,14-23,26,29-49H2,1-13H3/t52-,53+,57-,58-,59-,60-,61+,62+/m0/s1. The molecule has 454 valence electrons. The molecular weight excluding hydrogens is 980 g/mol. The van der Waals surface area contributed by atoms with Crippen LogP contribution in [0.2, 0.25) is 0 Å². The maximum Gasteiger partial charge on any atom is 0.416 e. The SMILES string of the molecule is CC[C@H](C)[C@H]1CN(C)CCN(C)CCN(C)[C@@H](CC2CCCCC2)CN(C)CCN[C@@H](CCc2ccc(C(F)(F)F)cc2)CN2CCC[C@H]2CNC2(CCCC2)CN(C)[C@@H](C(C)C)CN[C@H](C)CCN(C)[C@@H](CC(C)C)CN1. The lowest BCUT2D eigenvalue weighted by molar-refractivity contribution is -0.137. The second-order valence-corrected chi connectivity index (χ2v) is 27.2. The second-order valence-electron chi connectivity index (χ2n) is 27.2. The average molecular weight is 1100 g/mol. The van der Waals surface area contributed by atoms with Crippen molar-refractivity contribution in [2.24, 2.45) is 23.7 Å². The van der Waals surface area contributed by atoms with Crippen LogP contribution in [0.4, 0.5) is 13.2 Å². The van der Waals surface area contributed by atoms with Gasteiger partial charge in [-0.25, -0.2) is 0 Å². The van der Waals surface area contributed by atoms with Crippen LogP contribution in [0.3, 0.4) is 0 Å². The molecule has 1 aromatic rings. The summed E-state index contributed by atoms with van der Waals surface area (Å²) in [6.45, 7) is 32.3. The summed E-state index contributed by atoms with van der Waals surface area (Å²) in [6.07, 6.45) is 16.4. The van der Waals surface area contributed by atoms with Gasteiger partial charge in [-0.05, 0) is 161 Å². The van der Waals surface area contributed by atoms with Gasteiger partial charge >= 0.3 is 6.18 Å². The van der Waals surface area contributed by atoms with E-state index in [-0.39, 0.29) is 11.6 Å². The van der Waals surface area contributed by atoms with Gasteiger partial charge in [0.1, 0.15) is 0 Å². The number of hydrogen-bond donors (Lipinski definition) is 4. The van der Waals surface area contributed by atoms with Crippen LogP contribution in [0.1, 0.15) is 162 Å². The van der Waals surface area contributed by atoms with Crippen LogP contribution < -0.4 is 21.3 Å². The molecule has 0 radical (unpaired) electrons. The Morgan fingerprint density at radius 3 is 1.97 bits per heavy atom. The number of aryl methyl sites for hydroxylation is 1. The molecule has 4 aliphatic rings. The number of rotatable bonds is 10. The lowest BCUT2D eigenvalue weighted by atomic mass is 9.84. The summed E-state index contributed by atoms with van der Waals surface area (Å²) in [7, 11) is 14.1. The molecule has 0 amide bonds. The van der Waals surface area contributed by atoms with Gasteiger partial charge < -0.3 is 50.7 Å². The Hall–Kier alpha value is -1.43. The van der Waals surface area contributed by atoms with Crippen LogP contribution >= 0.6 is 0 Å². The molecule has 11 nitrogen and oxygen atoms in total. The maximum atomic E-state index is 13.5. The van der Waals surface area contributed by atoms with Crippen molar-refractivity contribution >= 4 is 0 Å². The molecule has 78 heavy (non-hydrogen) atoms. The molecule has 1 aromatic carbocycles. The zero-order chi connectivity index (χ0) is 56.8. The van der Waals surface area contributed by atoms with Gasteiger partial charge in [0.15, 0.2) is 0 Å². The summed E-state index contributed by atoms with van der Waals surface area (Å²) < 4.78 is 40.6. The predicted octanol–water partition coefficient (Wildman–Crippen LogP) is 9.72. The van der Waals surface area contributed by atoms with Gasteiger partial charge in [-0.1, -0.05) is 105 Å². The Morgan fingerprint density at radius 2 is 1.31 bits per heavy atom. The van der Waals surface area contributed by atoms with Crippen LogP contribution in [0.15, 0.2) is 24.3 Å². The molecule has 4 N–H and O–H groups in total. The van der Waals surface area contributed by atoms with E-state index < -0.39 is 11.7 Å². The smallest absolute Gasteiger partial charge is 0.313 e. The van der Waals surface area contributed by atoms with Crippen molar-refractivity contribution < 1.29 is 13.2 Å². The predicted molar refractivity (Wildman–Crippen MR) is 326 cm³/mol. The van der Waals surface area contributed by atoms with Crippen LogP contribution in [-0.4, -0.2) is 223 Å². The van der Waals surface area contributed by atoms with Crippen LogP contribution in [-0.2, 0) is 12.6 Å². The molecule has 8 atom stereocenters. The zero-order valence-corrected chi connectivity index (χ0v) is 52.6. The highest BCUT2D eigenvalue weighted by Gasteiger charge is 2.39. The quantitative estimate of drug-likeness (QED) is 0.181. The molecular formula is C64H122F3N11. The number of alkyl halides is 3. The fourth-order valence-corrected chi connectivity index (χ4v) is 13.9. The van der Waals surface area contributed by atoms with Crippen molar-refractivity contribution in [3.05, 3.63) is 35.4 Å². The highest BCUT2D eigenvalue weighted by Crippen LogP contribution is 2.33. The normalized spacial score (nSPS) is 30.3. The molecule has 2 aliphatic carbocycles. The summed E-state index contributed by atoms with van der Waals surface area (Å²) in [5, 5.41) is 16.5. The first-order valence-corrected chi connectivity index (χ1v) is 32.1. The van der Waals surface area contributed by atoms with Crippen molar-refractivity contribution in [2.75, 3.05) is 140 Å². The summed E-state index contributed by atoms with van der Waals surface area (Å²) >= 11 is 0. The summed E-state index contributed by atoms with van der Waals surface area (Å²) in [4.78, 5) is 18.5. The zero-order valence-electron chi connectivity index (χ0n) is 52.6. The molecule has 0 aromatic heterocycles. The van der Waals surface area contributed by atoms with Crippen molar-refractivity contribution in [3.8, 4) is 0 Å². The lowest BCUT2D eigenvalue weighted by Gasteiger charge is -2.41. The van der Waals surface area contributed by atoms with Gasteiger partial charge in [-0.2, -0.15) is 13.2 Å². The van der Waals surface area contributed by atoms with E-state index in [0.717, 1.165) is 129 Å². The van der Waals surface area contributed by atoms with Gasteiger partial charge in [-0.3, -0.25) is 4.90 Å². The number of hydrogen-bond acceptors (Lipinski definition) is 11. The van der Waals surface area contributed by atoms with Crippen LogP contribution in [0.5, 0.6) is 0 Å². The third-order valence-corrected chi connectivity index (χ3v) is 19.7. The highest BCUT2D eigenvalue weighted by atomic mass is 19.4. The van der Waals surface area contributed by atoms with E-state index in [1.54, 1.807) is 12.1 Å². The minimum Gasteiger partial charge on any atom is -0.313 e. The molecule has 2 aliphatic heterocycles. The lowest BCUT2D eigenvalue weighted by Crippen LogP contribution is -2.58. The number of nitrogens with zero attached hydrogens (tertiary/aromatic N) is 7. The van der Waals surface area contributed by atoms with E-state index in [4.69, 9.17) is 0 Å². The molecule has 14 heteroatoms. The van der Waals surface area contributed by atoms with E-state index in [0.29, 0.717) is 54.0 Å². The molecule has 1 spiro atoms. The number of likely N-dealkylation sites (N-methyl/N-ethyl adjacent to an activating group) is 6. The van der Waals surface area contributed by atoms with Gasteiger partial charge in [0.05, 0.1) is 5.56 Å². The molecule has 0 bridgehead atoms. The van der Waals surface area contributed by atoms with E-state index in [1.807, 2.05) is 0 Å². The third kappa shape index (κ3) is 23.7. The summed E-state index contributed by atoms with van der Waals surface area (Å²) in [6, 6.07) is 8.96. The van der Waals surface area contributed by atoms with Crippen molar-refractivity contribution in [1.29, 1.82) is 0 Å².